The number of carbonyl (C=O) groups excluding carboxylic acids is 1. The van der Waals surface area contributed by atoms with Gasteiger partial charge in [0.1, 0.15) is 17.2 Å². The zero-order chi connectivity index (χ0) is 35.3. The quantitative estimate of drug-likeness (QED) is 0.152. The van der Waals surface area contributed by atoms with E-state index in [1.54, 1.807) is 27.4 Å². The van der Waals surface area contributed by atoms with Crippen LogP contribution >= 0.6 is 0 Å². The van der Waals surface area contributed by atoms with Gasteiger partial charge in [-0.25, -0.2) is 9.98 Å². The van der Waals surface area contributed by atoms with E-state index in [1.807, 2.05) is 116 Å². The minimum atomic E-state index is -0.307. The van der Waals surface area contributed by atoms with Crippen LogP contribution in [-0.2, 0) is 29.0 Å². The first kappa shape index (κ1) is 35.8. The first-order valence-electron chi connectivity index (χ1n) is 16.4. The van der Waals surface area contributed by atoms with Crippen LogP contribution in [0.1, 0.15) is 35.0 Å². The maximum absolute atomic E-state index is 12.2. The van der Waals surface area contributed by atoms with Gasteiger partial charge in [-0.15, -0.1) is 17.1 Å². The van der Waals surface area contributed by atoms with Crippen molar-refractivity contribution in [3.05, 3.63) is 172 Å². The zero-order valence-electron chi connectivity index (χ0n) is 29.3. The number of hydrogen-bond acceptors (Lipinski definition) is 7. The summed E-state index contributed by atoms with van der Waals surface area (Å²) in [6.45, 7) is 2.45. The van der Waals surface area contributed by atoms with Crippen LogP contribution in [-0.4, -0.2) is 45.5 Å². The van der Waals surface area contributed by atoms with Gasteiger partial charge in [-0.3, -0.25) is 0 Å². The van der Waals surface area contributed by atoms with Crippen molar-refractivity contribution in [2.45, 2.75) is 6.92 Å². The number of amides is 1. The Labute approximate surface area is 315 Å². The summed E-state index contributed by atoms with van der Waals surface area (Å²) in [5.74, 6) is 2.45. The summed E-state index contributed by atoms with van der Waals surface area (Å²) in [6.07, 6.45) is 10.9. The van der Waals surface area contributed by atoms with Crippen LogP contribution in [0.15, 0.2) is 148 Å². The van der Waals surface area contributed by atoms with Gasteiger partial charge in [0.15, 0.2) is 0 Å². The maximum atomic E-state index is 12.2. The van der Waals surface area contributed by atoms with Gasteiger partial charge in [0.05, 0.1) is 50.9 Å². The Kier molecular flexibility index (Phi) is 11.0. The van der Waals surface area contributed by atoms with E-state index in [0.29, 0.717) is 29.6 Å². The molecule has 9 nitrogen and oxygen atoms in total. The van der Waals surface area contributed by atoms with E-state index in [1.165, 1.54) is 6.08 Å². The fourth-order valence-electron chi connectivity index (χ4n) is 6.03. The third-order valence-corrected chi connectivity index (χ3v) is 8.47. The van der Waals surface area contributed by atoms with Gasteiger partial charge in [-0.2, -0.15) is 0 Å². The second-order valence-corrected chi connectivity index (χ2v) is 11.5. The molecule has 4 heterocycles. The number of hydrogen-bond donors (Lipinski definition) is 0. The van der Waals surface area contributed by atoms with E-state index < -0.39 is 0 Å². The summed E-state index contributed by atoms with van der Waals surface area (Å²) in [4.78, 5) is 27.4. The van der Waals surface area contributed by atoms with E-state index >= 15 is 0 Å². The standard InChI is InChI=1S/C42H35N4O5.Zn/c1-5-51-39-25-23-37(46-39)42(28-10-16-31(50-4)17-11-28)35-21-19-33(44-35)40(26-6-12-29(48-2)13-7-26)32-18-20-34(43-32)41(36-22-24-38(47)45-36)27-8-14-30(49-3)15-9-27;/h6-25H,5H2,1-4H3,(H-,43,44,45,46,47);/q-1;+2/p-1. The number of ether oxygens (including phenoxy) is 4. The van der Waals surface area contributed by atoms with Gasteiger partial charge < -0.3 is 34.0 Å². The molecule has 1 amide bonds. The summed E-state index contributed by atoms with van der Waals surface area (Å²) < 4.78 is 22.0. The molecule has 52 heavy (non-hydrogen) atoms. The molecular weight excluding hydrogens is 706 g/mol. The molecule has 3 aliphatic rings. The molecule has 0 aliphatic carbocycles. The molecule has 0 saturated heterocycles. The third-order valence-electron chi connectivity index (χ3n) is 8.47. The first-order valence-corrected chi connectivity index (χ1v) is 16.4. The topological polar surface area (TPSA) is 107 Å². The molecule has 3 aliphatic heterocycles. The van der Waals surface area contributed by atoms with Gasteiger partial charge in [0, 0.05) is 6.08 Å². The molecule has 3 aromatic carbocycles. The van der Waals surface area contributed by atoms with Crippen LogP contribution < -0.4 is 19.2 Å². The van der Waals surface area contributed by atoms with Crippen LogP contribution in [0.5, 0.6) is 17.2 Å². The van der Waals surface area contributed by atoms with Crippen LogP contribution in [0, 0.1) is 0 Å². The Morgan fingerprint density at radius 2 is 1.06 bits per heavy atom. The Morgan fingerprint density at radius 3 is 1.52 bits per heavy atom. The Balaban J connectivity index is 0.00000464. The predicted molar refractivity (Wildman–Crippen MR) is 200 cm³/mol. The number of rotatable bonds is 10. The molecule has 0 fully saturated rings. The third kappa shape index (κ3) is 7.38. The molecule has 7 rings (SSSR count). The van der Waals surface area contributed by atoms with Crippen molar-refractivity contribution >= 4 is 34.2 Å². The average molecular weight is 740 g/mol. The van der Waals surface area contributed by atoms with Crippen molar-refractivity contribution in [3.8, 4) is 17.2 Å². The summed E-state index contributed by atoms with van der Waals surface area (Å²) in [5.41, 5.74) is 9.22. The minimum absolute atomic E-state index is 0. The molecule has 0 N–H and O–H groups in total. The van der Waals surface area contributed by atoms with E-state index in [9.17, 15) is 4.79 Å². The molecule has 0 saturated carbocycles. The second-order valence-electron chi connectivity index (χ2n) is 11.5. The molecular formula is C42H34N4O5Zn. The second kappa shape index (κ2) is 15.9. The number of benzene rings is 3. The molecule has 0 atom stereocenters. The molecule has 0 bridgehead atoms. The number of nitrogens with zero attached hydrogens (tertiary/aromatic N) is 4. The molecule has 0 radical (unpaired) electrons. The van der Waals surface area contributed by atoms with Crippen LogP contribution in [0.4, 0.5) is 0 Å². The number of methoxy groups -OCH3 is 3. The largest absolute Gasteiger partial charge is 2.00 e. The average Bonchev–Trinajstić information content (AvgIpc) is 4.00. The molecule has 4 aromatic rings. The number of carbonyl (C=O) groups is 1. The SMILES string of the molecule is CCOC1=N/C(=C(/c2ccc(OC)cc2)c2ccc(/C(=C3/C=CC(C(=C4/C=CC(=O)[N-]4)/c4ccc(OC)cc4)=N3)c3ccc(OC)cc3)[n-]2)C=C1.[Zn+2]. The van der Waals surface area contributed by atoms with E-state index in [0.717, 1.165) is 67.7 Å². The van der Waals surface area contributed by atoms with Crippen LogP contribution in [0.3, 0.4) is 0 Å². The normalized spacial score (nSPS) is 17.3. The Bertz CT molecular complexity index is 2230. The molecule has 10 heteroatoms. The van der Waals surface area contributed by atoms with Gasteiger partial charge in [-0.05, 0) is 101 Å². The van der Waals surface area contributed by atoms with E-state index in [4.69, 9.17) is 33.9 Å². The summed E-state index contributed by atoms with van der Waals surface area (Å²) in [7, 11) is 4.91. The predicted octanol–water partition coefficient (Wildman–Crippen LogP) is 8.08. The van der Waals surface area contributed by atoms with Crippen LogP contribution in [0.25, 0.3) is 22.0 Å². The first-order chi connectivity index (χ1) is 25.0. The van der Waals surface area contributed by atoms with E-state index in [-0.39, 0.29) is 25.4 Å². The zero-order valence-corrected chi connectivity index (χ0v) is 32.3. The van der Waals surface area contributed by atoms with Gasteiger partial charge in [0.25, 0.3) is 0 Å². The monoisotopic (exact) mass is 738 g/mol. The van der Waals surface area contributed by atoms with Gasteiger partial charge in [-0.1, -0.05) is 54.6 Å². The number of allylic oxidation sites excluding steroid dienone is 5. The number of aromatic nitrogens is 1. The van der Waals surface area contributed by atoms with Crippen LogP contribution in [0.2, 0.25) is 0 Å². The molecule has 254 valence electrons. The summed E-state index contributed by atoms with van der Waals surface area (Å²) in [6, 6.07) is 27.3. The minimum Gasteiger partial charge on any atom is -0.657 e. The van der Waals surface area contributed by atoms with Crippen molar-refractivity contribution in [3.63, 3.8) is 0 Å². The van der Waals surface area contributed by atoms with E-state index in [2.05, 4.69) is 5.32 Å². The smallest absolute Gasteiger partial charge is 0.657 e. The fraction of sp³-hybridized carbons (Fsp3) is 0.119. The van der Waals surface area contributed by atoms with Crippen molar-refractivity contribution in [2.75, 3.05) is 27.9 Å². The molecule has 0 spiro atoms. The van der Waals surface area contributed by atoms with Crippen molar-refractivity contribution in [1.82, 2.24) is 4.98 Å². The van der Waals surface area contributed by atoms with Gasteiger partial charge in [0.2, 0.25) is 5.90 Å². The fourth-order valence-corrected chi connectivity index (χ4v) is 6.03. The number of aliphatic imine (C=N–C) groups is 2. The molecule has 0 unspecified atom stereocenters. The summed E-state index contributed by atoms with van der Waals surface area (Å²) in [5, 5.41) is 4.28. The Hall–Kier alpha value is -5.99. The van der Waals surface area contributed by atoms with Gasteiger partial charge >= 0.3 is 19.5 Å². The van der Waals surface area contributed by atoms with Crippen molar-refractivity contribution < 1.29 is 43.2 Å². The summed E-state index contributed by atoms with van der Waals surface area (Å²) >= 11 is 0. The Morgan fingerprint density at radius 1 is 0.577 bits per heavy atom. The van der Waals surface area contributed by atoms with Crippen molar-refractivity contribution in [2.24, 2.45) is 9.98 Å². The maximum Gasteiger partial charge on any atom is 2.00 e. The molecule has 1 aromatic heterocycles. The van der Waals surface area contributed by atoms with Crippen molar-refractivity contribution in [1.29, 1.82) is 0 Å².